The molecule has 116 valence electrons. The number of hydrogen-bond acceptors (Lipinski definition) is 4. The summed E-state index contributed by atoms with van der Waals surface area (Å²) < 4.78 is 24.4. The first kappa shape index (κ1) is 16.3. The minimum Gasteiger partial charge on any atom is -0.493 e. The zero-order chi connectivity index (χ0) is 15.9. The first-order valence-corrected chi connectivity index (χ1v) is 7.48. The first-order valence-electron chi connectivity index (χ1n) is 6.69. The van der Waals surface area contributed by atoms with Crippen LogP contribution < -0.4 is 14.9 Å². The fourth-order valence-corrected chi connectivity index (χ4v) is 2.38. The number of nitrogens with one attached hydrogen (secondary N) is 1. The van der Waals surface area contributed by atoms with E-state index in [0.717, 1.165) is 10.0 Å². The molecule has 0 saturated carbocycles. The van der Waals surface area contributed by atoms with Crippen molar-refractivity contribution in [2.45, 2.75) is 6.92 Å². The molecule has 0 heterocycles. The number of hydrazone groups is 1. The monoisotopic (exact) mass is 366 g/mol. The molecule has 0 aliphatic rings. The maximum absolute atomic E-state index is 12.8. The number of benzene rings is 2. The average molecular weight is 367 g/mol. The third kappa shape index (κ3) is 4.21. The summed E-state index contributed by atoms with van der Waals surface area (Å²) >= 11 is 3.46. The van der Waals surface area contributed by atoms with Crippen molar-refractivity contribution < 1.29 is 13.9 Å². The molecule has 0 amide bonds. The van der Waals surface area contributed by atoms with Crippen LogP contribution in [0.4, 0.5) is 10.1 Å². The van der Waals surface area contributed by atoms with E-state index in [1.54, 1.807) is 25.5 Å². The predicted molar refractivity (Wildman–Crippen MR) is 89.5 cm³/mol. The van der Waals surface area contributed by atoms with Crippen LogP contribution in [-0.2, 0) is 0 Å². The van der Waals surface area contributed by atoms with E-state index in [1.807, 2.05) is 19.1 Å². The highest BCUT2D eigenvalue weighted by atomic mass is 79.9. The highest BCUT2D eigenvalue weighted by Crippen LogP contribution is 2.36. The van der Waals surface area contributed by atoms with Gasteiger partial charge in [0.15, 0.2) is 11.5 Å². The van der Waals surface area contributed by atoms with E-state index in [2.05, 4.69) is 26.5 Å². The number of methoxy groups -OCH3 is 1. The summed E-state index contributed by atoms with van der Waals surface area (Å²) in [5.74, 6) is 1.00. The van der Waals surface area contributed by atoms with Crippen LogP contribution in [0, 0.1) is 5.82 Å². The number of anilines is 1. The summed E-state index contributed by atoms with van der Waals surface area (Å²) in [7, 11) is 1.59. The SMILES string of the molecule is CCOc1c(Br)cc(/C=N\Nc2ccc(F)cc2)cc1OC. The van der Waals surface area contributed by atoms with E-state index in [9.17, 15) is 4.39 Å². The summed E-state index contributed by atoms with van der Waals surface area (Å²) in [6.07, 6.45) is 1.65. The minimum absolute atomic E-state index is 0.283. The van der Waals surface area contributed by atoms with Crippen LogP contribution in [-0.4, -0.2) is 19.9 Å². The number of halogens is 2. The summed E-state index contributed by atoms with van der Waals surface area (Å²) in [6, 6.07) is 9.67. The van der Waals surface area contributed by atoms with Crippen molar-refractivity contribution >= 4 is 27.8 Å². The molecule has 0 aliphatic heterocycles. The molecular weight excluding hydrogens is 351 g/mol. The summed E-state index contributed by atoms with van der Waals surface area (Å²) in [6.45, 7) is 2.46. The van der Waals surface area contributed by atoms with Crippen LogP contribution in [0.25, 0.3) is 0 Å². The minimum atomic E-state index is -0.283. The second-order valence-electron chi connectivity index (χ2n) is 4.34. The third-order valence-corrected chi connectivity index (χ3v) is 3.38. The summed E-state index contributed by atoms with van der Waals surface area (Å²) in [5.41, 5.74) is 4.37. The number of hydrogen-bond donors (Lipinski definition) is 1. The van der Waals surface area contributed by atoms with Crippen molar-refractivity contribution in [3.05, 3.63) is 52.3 Å². The molecular formula is C16H16BrFN2O2. The molecule has 0 unspecified atom stereocenters. The second kappa shape index (κ2) is 7.79. The van der Waals surface area contributed by atoms with Gasteiger partial charge in [-0.05, 0) is 64.8 Å². The van der Waals surface area contributed by atoms with E-state index < -0.39 is 0 Å². The van der Waals surface area contributed by atoms with Crippen LogP contribution >= 0.6 is 15.9 Å². The molecule has 0 aromatic heterocycles. The van der Waals surface area contributed by atoms with Gasteiger partial charge in [-0.15, -0.1) is 0 Å². The van der Waals surface area contributed by atoms with E-state index >= 15 is 0 Å². The Labute approximate surface area is 137 Å². The molecule has 4 nitrogen and oxygen atoms in total. The van der Waals surface area contributed by atoms with Crippen molar-refractivity contribution in [2.24, 2.45) is 5.10 Å². The van der Waals surface area contributed by atoms with E-state index in [4.69, 9.17) is 9.47 Å². The van der Waals surface area contributed by atoms with Crippen LogP contribution in [0.1, 0.15) is 12.5 Å². The van der Waals surface area contributed by atoms with Gasteiger partial charge in [0.05, 0.1) is 30.1 Å². The fourth-order valence-electron chi connectivity index (χ4n) is 1.80. The third-order valence-electron chi connectivity index (χ3n) is 2.79. The van der Waals surface area contributed by atoms with E-state index in [0.29, 0.717) is 23.8 Å². The van der Waals surface area contributed by atoms with Gasteiger partial charge >= 0.3 is 0 Å². The quantitative estimate of drug-likeness (QED) is 0.606. The lowest BCUT2D eigenvalue weighted by atomic mass is 10.2. The molecule has 1 N–H and O–H groups in total. The fraction of sp³-hybridized carbons (Fsp3) is 0.188. The Morgan fingerprint density at radius 2 is 2.00 bits per heavy atom. The van der Waals surface area contributed by atoms with Gasteiger partial charge in [0, 0.05) is 0 Å². The summed E-state index contributed by atoms with van der Waals surface area (Å²) in [5, 5.41) is 4.12. The molecule has 0 aliphatic carbocycles. The number of nitrogens with zero attached hydrogens (tertiary/aromatic N) is 1. The van der Waals surface area contributed by atoms with Gasteiger partial charge < -0.3 is 9.47 Å². The van der Waals surface area contributed by atoms with Gasteiger partial charge in [-0.2, -0.15) is 5.10 Å². The maximum Gasteiger partial charge on any atom is 0.175 e. The maximum atomic E-state index is 12.8. The van der Waals surface area contributed by atoms with Gasteiger partial charge in [0.2, 0.25) is 0 Å². The van der Waals surface area contributed by atoms with Gasteiger partial charge in [0.1, 0.15) is 5.82 Å². The smallest absolute Gasteiger partial charge is 0.175 e. The molecule has 0 saturated heterocycles. The Hall–Kier alpha value is -2.08. The number of rotatable bonds is 6. The van der Waals surface area contributed by atoms with E-state index in [1.165, 1.54) is 12.1 Å². The molecule has 0 spiro atoms. The molecule has 6 heteroatoms. The topological polar surface area (TPSA) is 42.8 Å². The molecule has 0 radical (unpaired) electrons. The van der Waals surface area contributed by atoms with Crippen LogP contribution in [0.2, 0.25) is 0 Å². The normalized spacial score (nSPS) is 10.7. The van der Waals surface area contributed by atoms with Crippen LogP contribution in [0.3, 0.4) is 0 Å². The highest BCUT2D eigenvalue weighted by Gasteiger charge is 2.10. The lowest BCUT2D eigenvalue weighted by molar-refractivity contribution is 0.309. The Balaban J connectivity index is 2.13. The Morgan fingerprint density at radius 3 is 2.64 bits per heavy atom. The zero-order valence-electron chi connectivity index (χ0n) is 12.3. The average Bonchev–Trinajstić information content (AvgIpc) is 2.51. The molecule has 2 rings (SSSR count). The van der Waals surface area contributed by atoms with Gasteiger partial charge in [-0.25, -0.2) is 4.39 Å². The summed E-state index contributed by atoms with van der Waals surface area (Å²) in [4.78, 5) is 0. The van der Waals surface area contributed by atoms with Gasteiger partial charge in [-0.1, -0.05) is 0 Å². The Bertz CT molecular complexity index is 660. The Kier molecular flexibility index (Phi) is 5.77. The standard InChI is InChI=1S/C16H16BrFN2O2/c1-3-22-16-14(17)8-11(9-15(16)21-2)10-19-20-13-6-4-12(18)5-7-13/h4-10,20H,3H2,1-2H3/b19-10-. The van der Waals surface area contributed by atoms with Crippen molar-refractivity contribution in [2.75, 3.05) is 19.1 Å². The van der Waals surface area contributed by atoms with Crippen LogP contribution in [0.15, 0.2) is 46.0 Å². The highest BCUT2D eigenvalue weighted by molar-refractivity contribution is 9.10. The molecule has 0 bridgehead atoms. The second-order valence-corrected chi connectivity index (χ2v) is 5.20. The van der Waals surface area contributed by atoms with Crippen molar-refractivity contribution in [1.29, 1.82) is 0 Å². The number of ether oxygens (including phenoxy) is 2. The lowest BCUT2D eigenvalue weighted by Crippen LogP contribution is -1.98. The molecule has 0 fully saturated rings. The van der Waals surface area contributed by atoms with Gasteiger partial charge in [0.25, 0.3) is 0 Å². The first-order chi connectivity index (χ1) is 10.6. The van der Waals surface area contributed by atoms with Gasteiger partial charge in [-0.3, -0.25) is 5.43 Å². The molecule has 0 atom stereocenters. The largest absolute Gasteiger partial charge is 0.493 e. The lowest BCUT2D eigenvalue weighted by Gasteiger charge is -2.12. The van der Waals surface area contributed by atoms with Crippen LogP contribution in [0.5, 0.6) is 11.5 Å². The van der Waals surface area contributed by atoms with Crippen molar-refractivity contribution in [1.82, 2.24) is 0 Å². The molecule has 2 aromatic carbocycles. The van der Waals surface area contributed by atoms with Crippen molar-refractivity contribution in [3.8, 4) is 11.5 Å². The molecule has 2 aromatic rings. The van der Waals surface area contributed by atoms with E-state index in [-0.39, 0.29) is 5.82 Å². The Morgan fingerprint density at radius 1 is 1.27 bits per heavy atom. The molecule has 22 heavy (non-hydrogen) atoms. The van der Waals surface area contributed by atoms with Crippen molar-refractivity contribution in [3.63, 3.8) is 0 Å². The predicted octanol–water partition coefficient (Wildman–Crippen LogP) is 4.44. The zero-order valence-corrected chi connectivity index (χ0v) is 13.9.